The van der Waals surface area contributed by atoms with Crippen LogP contribution in [0.1, 0.15) is 36.5 Å². The fourth-order valence-corrected chi connectivity index (χ4v) is 5.38. The van der Waals surface area contributed by atoms with Crippen LogP contribution in [0.4, 0.5) is 5.00 Å². The zero-order valence-corrected chi connectivity index (χ0v) is 20.0. The molecule has 4 aromatic rings. The average Bonchev–Trinajstić information content (AvgIpc) is 3.24. The van der Waals surface area contributed by atoms with Gasteiger partial charge in [-0.05, 0) is 68.7 Å². The van der Waals surface area contributed by atoms with Crippen molar-refractivity contribution < 1.29 is 19.0 Å². The Labute approximate surface area is 203 Å². The zero-order chi connectivity index (χ0) is 23.3. The topological polar surface area (TPSA) is 48.0 Å². The Balaban J connectivity index is 1.51. The molecule has 0 unspecified atom stereocenters. The summed E-state index contributed by atoms with van der Waals surface area (Å²) in [6, 6.07) is 22.5. The molecule has 0 spiro atoms. The van der Waals surface area contributed by atoms with Crippen molar-refractivity contribution in [3.63, 3.8) is 0 Å². The van der Waals surface area contributed by atoms with Crippen molar-refractivity contribution >= 4 is 32.4 Å². The fraction of sp³-hybridized carbons (Fsp3) is 0.250. The number of nitrogens with zero attached hydrogens (tertiary/aromatic N) is 1. The van der Waals surface area contributed by atoms with Gasteiger partial charge in [0.2, 0.25) is 0 Å². The standard InChI is InChI=1S/C28H27NO4S/c1-2-31-23-13-7-8-14-24(23)33-26-22-16-15-21(32-28(30)20-11-5-3-6-12-20)19-25(22)34-27(26)29-17-9-4-10-18-29/h3,5-8,11-16,19H,2,4,9-10,17-18H2,1H3. The molecule has 0 bridgehead atoms. The highest BCUT2D eigenvalue weighted by atomic mass is 32.1. The van der Waals surface area contributed by atoms with Crippen LogP contribution in [0.3, 0.4) is 0 Å². The van der Waals surface area contributed by atoms with Gasteiger partial charge in [-0.15, -0.1) is 11.3 Å². The molecule has 6 heteroatoms. The molecular formula is C28H27NO4S. The predicted octanol–water partition coefficient (Wildman–Crippen LogP) is 7.30. The Kier molecular flexibility index (Phi) is 6.67. The number of hydrogen-bond donors (Lipinski definition) is 0. The normalized spacial score (nSPS) is 13.6. The van der Waals surface area contributed by atoms with E-state index in [1.165, 1.54) is 19.3 Å². The van der Waals surface area contributed by atoms with Gasteiger partial charge in [-0.1, -0.05) is 30.3 Å². The lowest BCUT2D eigenvalue weighted by molar-refractivity contribution is 0.0735. The Hall–Kier alpha value is -3.51. The van der Waals surface area contributed by atoms with E-state index in [1.807, 2.05) is 67.6 Å². The number of carbonyl (C=O) groups excluding carboxylic acids is 1. The second-order valence-corrected chi connectivity index (χ2v) is 9.21. The highest BCUT2D eigenvalue weighted by molar-refractivity contribution is 7.23. The SMILES string of the molecule is CCOc1ccccc1Oc1c(N2CCCCC2)sc2cc(OC(=O)c3ccccc3)ccc12. The Morgan fingerprint density at radius 1 is 0.912 bits per heavy atom. The molecule has 0 N–H and O–H groups in total. The van der Waals surface area contributed by atoms with Gasteiger partial charge in [-0.25, -0.2) is 4.79 Å². The molecule has 3 aromatic carbocycles. The molecule has 1 aromatic heterocycles. The molecule has 1 aliphatic rings. The molecule has 34 heavy (non-hydrogen) atoms. The van der Waals surface area contributed by atoms with Gasteiger partial charge in [-0.2, -0.15) is 0 Å². The van der Waals surface area contributed by atoms with Crippen LogP contribution in [-0.4, -0.2) is 25.7 Å². The summed E-state index contributed by atoms with van der Waals surface area (Å²) in [5.41, 5.74) is 0.527. The maximum atomic E-state index is 12.5. The summed E-state index contributed by atoms with van der Waals surface area (Å²) in [5, 5.41) is 2.10. The van der Waals surface area contributed by atoms with Gasteiger partial charge >= 0.3 is 5.97 Å². The highest BCUT2D eigenvalue weighted by Gasteiger charge is 2.23. The summed E-state index contributed by atoms with van der Waals surface area (Å²) in [6.45, 7) is 4.55. The van der Waals surface area contributed by atoms with Gasteiger partial charge in [0.25, 0.3) is 0 Å². The molecule has 0 aliphatic carbocycles. The number of rotatable bonds is 7. The minimum atomic E-state index is -0.366. The van der Waals surface area contributed by atoms with E-state index in [2.05, 4.69) is 4.90 Å². The first-order valence-electron chi connectivity index (χ1n) is 11.7. The van der Waals surface area contributed by atoms with Crippen molar-refractivity contribution in [3.05, 3.63) is 78.4 Å². The van der Waals surface area contributed by atoms with E-state index in [4.69, 9.17) is 14.2 Å². The van der Waals surface area contributed by atoms with Gasteiger partial charge in [0, 0.05) is 23.2 Å². The third-order valence-electron chi connectivity index (χ3n) is 5.82. The van der Waals surface area contributed by atoms with Gasteiger partial charge in [0.15, 0.2) is 17.2 Å². The number of benzene rings is 3. The van der Waals surface area contributed by atoms with Gasteiger partial charge in [0.1, 0.15) is 10.8 Å². The largest absolute Gasteiger partial charge is 0.490 e. The molecular weight excluding hydrogens is 446 g/mol. The van der Waals surface area contributed by atoms with Crippen molar-refractivity contribution in [1.29, 1.82) is 0 Å². The number of piperidine rings is 1. The lowest BCUT2D eigenvalue weighted by Gasteiger charge is -2.28. The first-order chi connectivity index (χ1) is 16.7. The summed E-state index contributed by atoms with van der Waals surface area (Å²) >= 11 is 1.67. The number of anilines is 1. The minimum absolute atomic E-state index is 0.366. The second-order valence-electron chi connectivity index (χ2n) is 8.18. The molecule has 5 rings (SSSR count). The van der Waals surface area contributed by atoms with Crippen LogP contribution in [0, 0.1) is 0 Å². The molecule has 1 aliphatic heterocycles. The van der Waals surface area contributed by atoms with Gasteiger partial charge in [-0.3, -0.25) is 0 Å². The Morgan fingerprint density at radius 3 is 2.41 bits per heavy atom. The second kappa shape index (κ2) is 10.2. The molecule has 0 amide bonds. The zero-order valence-electron chi connectivity index (χ0n) is 19.2. The lowest BCUT2D eigenvalue weighted by Crippen LogP contribution is -2.28. The number of fused-ring (bicyclic) bond motifs is 1. The quantitative estimate of drug-likeness (QED) is 0.208. The molecule has 5 nitrogen and oxygen atoms in total. The Morgan fingerprint density at radius 2 is 1.65 bits per heavy atom. The highest BCUT2D eigenvalue weighted by Crippen LogP contribution is 2.49. The molecule has 0 saturated carbocycles. The number of thiophene rings is 1. The number of carbonyl (C=O) groups is 1. The van der Waals surface area contributed by atoms with Gasteiger partial charge < -0.3 is 19.1 Å². The number of esters is 1. The van der Waals surface area contributed by atoms with Crippen molar-refractivity contribution in [2.45, 2.75) is 26.2 Å². The first-order valence-corrected chi connectivity index (χ1v) is 12.5. The predicted molar refractivity (Wildman–Crippen MR) is 137 cm³/mol. The Bertz CT molecular complexity index is 1280. The molecule has 1 fully saturated rings. The van der Waals surface area contributed by atoms with Crippen LogP contribution in [-0.2, 0) is 0 Å². The van der Waals surface area contributed by atoms with E-state index in [0.29, 0.717) is 23.7 Å². The number of ether oxygens (including phenoxy) is 3. The monoisotopic (exact) mass is 473 g/mol. The van der Waals surface area contributed by atoms with E-state index in [1.54, 1.807) is 23.5 Å². The van der Waals surface area contributed by atoms with Crippen molar-refractivity contribution in [2.24, 2.45) is 0 Å². The van der Waals surface area contributed by atoms with Crippen molar-refractivity contribution in [1.82, 2.24) is 0 Å². The van der Waals surface area contributed by atoms with E-state index in [9.17, 15) is 4.79 Å². The number of para-hydroxylation sites is 2. The van der Waals surface area contributed by atoms with Crippen molar-refractivity contribution in [3.8, 4) is 23.0 Å². The van der Waals surface area contributed by atoms with Crippen LogP contribution >= 0.6 is 11.3 Å². The van der Waals surface area contributed by atoms with Crippen LogP contribution < -0.4 is 19.1 Å². The maximum absolute atomic E-state index is 12.5. The first kappa shape index (κ1) is 22.3. The summed E-state index contributed by atoms with van der Waals surface area (Å²) in [4.78, 5) is 14.9. The average molecular weight is 474 g/mol. The molecule has 1 saturated heterocycles. The third-order valence-corrected chi connectivity index (χ3v) is 7.02. The van der Waals surface area contributed by atoms with E-state index < -0.39 is 0 Å². The van der Waals surface area contributed by atoms with E-state index in [-0.39, 0.29) is 5.97 Å². The fourth-order valence-electron chi connectivity index (χ4n) is 4.17. The van der Waals surface area contributed by atoms with E-state index in [0.717, 1.165) is 39.7 Å². The number of hydrogen-bond acceptors (Lipinski definition) is 6. The van der Waals surface area contributed by atoms with E-state index >= 15 is 0 Å². The summed E-state index contributed by atoms with van der Waals surface area (Å²) in [5.74, 6) is 2.41. The molecule has 2 heterocycles. The summed E-state index contributed by atoms with van der Waals surface area (Å²) < 4.78 is 19.0. The van der Waals surface area contributed by atoms with Crippen LogP contribution in [0.2, 0.25) is 0 Å². The van der Waals surface area contributed by atoms with Crippen LogP contribution in [0.25, 0.3) is 10.1 Å². The minimum Gasteiger partial charge on any atom is -0.490 e. The van der Waals surface area contributed by atoms with Crippen LogP contribution in [0.15, 0.2) is 72.8 Å². The van der Waals surface area contributed by atoms with Gasteiger partial charge in [0.05, 0.1) is 12.2 Å². The maximum Gasteiger partial charge on any atom is 0.343 e. The third kappa shape index (κ3) is 4.73. The van der Waals surface area contributed by atoms with Crippen LogP contribution in [0.5, 0.6) is 23.0 Å². The smallest absolute Gasteiger partial charge is 0.343 e. The summed E-state index contributed by atoms with van der Waals surface area (Å²) in [7, 11) is 0. The summed E-state index contributed by atoms with van der Waals surface area (Å²) in [6.07, 6.45) is 3.59. The molecule has 0 radical (unpaired) electrons. The molecule has 174 valence electrons. The van der Waals surface area contributed by atoms with Crippen molar-refractivity contribution in [2.75, 3.05) is 24.6 Å². The molecule has 0 atom stereocenters. The lowest BCUT2D eigenvalue weighted by atomic mass is 10.1.